The average molecular weight is 279 g/mol. The number of piperidine rings is 1. The van der Waals surface area contributed by atoms with Gasteiger partial charge < -0.3 is 14.9 Å². The highest BCUT2D eigenvalue weighted by atomic mass is 79.9. The highest BCUT2D eigenvalue weighted by Gasteiger charge is 2.20. The van der Waals surface area contributed by atoms with Gasteiger partial charge in [-0.2, -0.15) is 0 Å². The van der Waals surface area contributed by atoms with Gasteiger partial charge in [0, 0.05) is 18.4 Å². The van der Waals surface area contributed by atoms with Crippen molar-refractivity contribution in [1.82, 2.24) is 9.80 Å². The highest BCUT2D eigenvalue weighted by Crippen LogP contribution is 2.17. The first-order valence-corrected chi connectivity index (χ1v) is 6.85. The van der Waals surface area contributed by atoms with Crippen LogP contribution >= 0.6 is 15.9 Å². The van der Waals surface area contributed by atoms with Crippen molar-refractivity contribution in [3.63, 3.8) is 0 Å². The Labute approximate surface area is 102 Å². The van der Waals surface area contributed by atoms with E-state index in [2.05, 4.69) is 39.8 Å². The maximum absolute atomic E-state index is 9.52. The summed E-state index contributed by atoms with van der Waals surface area (Å²) in [5.41, 5.74) is 0. The number of β-amino-alcohol motifs (C(OH)–C–C–N with tert-alkyl or cyclic N) is 1. The molecule has 0 radical (unpaired) electrons. The zero-order chi connectivity index (χ0) is 11.3. The normalized spacial score (nSPS) is 22.2. The standard InChI is InChI=1S/C11H23BrN2O/c1-13(2)8-10-3-5-14(6-4-10)9-11(15)7-12/h10-11,15H,3-9H2,1-2H3. The largest absolute Gasteiger partial charge is 0.391 e. The van der Waals surface area contributed by atoms with E-state index in [1.807, 2.05) is 0 Å². The highest BCUT2D eigenvalue weighted by molar-refractivity contribution is 9.09. The van der Waals surface area contributed by atoms with E-state index in [0.717, 1.165) is 25.6 Å². The minimum absolute atomic E-state index is 0.213. The molecule has 0 amide bonds. The van der Waals surface area contributed by atoms with Crippen molar-refractivity contribution in [3.8, 4) is 0 Å². The first-order chi connectivity index (χ1) is 7.11. The molecule has 1 saturated heterocycles. The van der Waals surface area contributed by atoms with Gasteiger partial charge in [0.2, 0.25) is 0 Å². The Hall–Kier alpha value is 0.360. The van der Waals surface area contributed by atoms with Gasteiger partial charge in [0.25, 0.3) is 0 Å². The summed E-state index contributed by atoms with van der Waals surface area (Å²) in [5.74, 6) is 0.845. The molecule has 0 saturated carbocycles. The number of aliphatic hydroxyl groups excluding tert-OH is 1. The van der Waals surface area contributed by atoms with E-state index >= 15 is 0 Å². The lowest BCUT2D eigenvalue weighted by molar-refractivity contribution is 0.0974. The summed E-state index contributed by atoms with van der Waals surface area (Å²) >= 11 is 3.30. The van der Waals surface area contributed by atoms with Gasteiger partial charge in [-0.1, -0.05) is 15.9 Å². The molecule has 3 nitrogen and oxygen atoms in total. The molecule has 0 aromatic rings. The molecule has 0 aromatic carbocycles. The van der Waals surface area contributed by atoms with Crippen molar-refractivity contribution in [3.05, 3.63) is 0 Å². The zero-order valence-corrected chi connectivity index (χ0v) is 11.4. The van der Waals surface area contributed by atoms with Crippen LogP contribution in [0.5, 0.6) is 0 Å². The Morgan fingerprint density at radius 1 is 1.40 bits per heavy atom. The average Bonchev–Trinajstić information content (AvgIpc) is 2.20. The van der Waals surface area contributed by atoms with Crippen LogP contribution in [-0.4, -0.2) is 66.6 Å². The van der Waals surface area contributed by atoms with E-state index in [1.165, 1.54) is 19.4 Å². The molecular weight excluding hydrogens is 256 g/mol. The van der Waals surface area contributed by atoms with Crippen LogP contribution in [0.1, 0.15) is 12.8 Å². The van der Waals surface area contributed by atoms with Crippen molar-refractivity contribution in [2.45, 2.75) is 18.9 Å². The van der Waals surface area contributed by atoms with Crippen molar-refractivity contribution in [1.29, 1.82) is 0 Å². The molecule has 1 heterocycles. The number of alkyl halides is 1. The van der Waals surface area contributed by atoms with Gasteiger partial charge in [-0.25, -0.2) is 0 Å². The second kappa shape index (κ2) is 6.84. The van der Waals surface area contributed by atoms with Gasteiger partial charge in [-0.3, -0.25) is 0 Å². The van der Waals surface area contributed by atoms with Crippen LogP contribution in [0.4, 0.5) is 0 Å². The number of hydrogen-bond acceptors (Lipinski definition) is 3. The smallest absolute Gasteiger partial charge is 0.0763 e. The molecule has 0 spiro atoms. The van der Waals surface area contributed by atoms with Crippen LogP contribution < -0.4 is 0 Å². The lowest BCUT2D eigenvalue weighted by Gasteiger charge is -2.33. The Kier molecular flexibility index (Phi) is 6.12. The summed E-state index contributed by atoms with van der Waals surface area (Å²) in [6, 6.07) is 0. The second-order valence-electron chi connectivity index (χ2n) is 4.81. The first kappa shape index (κ1) is 13.4. The molecule has 1 aliphatic heterocycles. The predicted molar refractivity (Wildman–Crippen MR) is 67.5 cm³/mol. The van der Waals surface area contributed by atoms with Crippen LogP contribution in [0.3, 0.4) is 0 Å². The number of aliphatic hydroxyl groups is 1. The fourth-order valence-electron chi connectivity index (χ4n) is 2.21. The summed E-state index contributed by atoms with van der Waals surface area (Å²) < 4.78 is 0. The summed E-state index contributed by atoms with van der Waals surface area (Å²) in [6.45, 7) is 4.31. The van der Waals surface area contributed by atoms with E-state index in [-0.39, 0.29) is 6.10 Å². The molecule has 0 aliphatic carbocycles. The maximum atomic E-state index is 9.52. The minimum Gasteiger partial charge on any atom is -0.391 e. The Balaban J connectivity index is 2.18. The molecule has 1 unspecified atom stereocenters. The van der Waals surface area contributed by atoms with E-state index in [4.69, 9.17) is 0 Å². The second-order valence-corrected chi connectivity index (χ2v) is 5.46. The van der Waals surface area contributed by atoms with E-state index < -0.39 is 0 Å². The molecular formula is C11H23BrN2O. The molecule has 15 heavy (non-hydrogen) atoms. The minimum atomic E-state index is -0.213. The maximum Gasteiger partial charge on any atom is 0.0763 e. The molecule has 1 rings (SSSR count). The topological polar surface area (TPSA) is 26.7 Å². The quantitative estimate of drug-likeness (QED) is 0.761. The summed E-state index contributed by atoms with van der Waals surface area (Å²) in [4.78, 5) is 4.64. The van der Waals surface area contributed by atoms with Gasteiger partial charge in [-0.15, -0.1) is 0 Å². The predicted octanol–water partition coefficient (Wildman–Crippen LogP) is 1.02. The zero-order valence-electron chi connectivity index (χ0n) is 9.82. The number of rotatable bonds is 5. The van der Waals surface area contributed by atoms with Crippen LogP contribution in [0.15, 0.2) is 0 Å². The Bertz CT molecular complexity index is 170. The van der Waals surface area contributed by atoms with Gasteiger partial charge in [0.05, 0.1) is 6.10 Å². The molecule has 1 aliphatic rings. The lowest BCUT2D eigenvalue weighted by Crippen LogP contribution is -2.41. The molecule has 0 aromatic heterocycles. The molecule has 90 valence electrons. The van der Waals surface area contributed by atoms with E-state index in [0.29, 0.717) is 5.33 Å². The van der Waals surface area contributed by atoms with Crippen molar-refractivity contribution >= 4 is 15.9 Å². The number of likely N-dealkylation sites (tertiary alicyclic amines) is 1. The van der Waals surface area contributed by atoms with Crippen LogP contribution in [0, 0.1) is 5.92 Å². The fourth-order valence-corrected chi connectivity index (χ4v) is 2.42. The third kappa shape index (κ3) is 5.29. The summed E-state index contributed by atoms with van der Waals surface area (Å²) in [7, 11) is 4.28. The monoisotopic (exact) mass is 278 g/mol. The molecule has 1 fully saturated rings. The van der Waals surface area contributed by atoms with Crippen LogP contribution in [0.2, 0.25) is 0 Å². The molecule has 0 bridgehead atoms. The summed E-state index contributed by atoms with van der Waals surface area (Å²) in [5, 5.41) is 10.2. The fraction of sp³-hybridized carbons (Fsp3) is 1.00. The number of halogens is 1. The van der Waals surface area contributed by atoms with Gasteiger partial charge in [-0.05, 0) is 45.9 Å². The van der Waals surface area contributed by atoms with Gasteiger partial charge in [0.1, 0.15) is 0 Å². The Morgan fingerprint density at radius 2 is 2.00 bits per heavy atom. The third-order valence-corrected chi connectivity index (χ3v) is 3.72. The summed E-state index contributed by atoms with van der Waals surface area (Å²) in [6.07, 6.45) is 2.33. The lowest BCUT2D eigenvalue weighted by atomic mass is 9.96. The molecule has 4 heteroatoms. The Morgan fingerprint density at radius 3 is 2.47 bits per heavy atom. The third-order valence-electron chi connectivity index (χ3n) is 2.98. The van der Waals surface area contributed by atoms with Crippen molar-refractivity contribution in [2.24, 2.45) is 5.92 Å². The number of hydrogen-bond donors (Lipinski definition) is 1. The van der Waals surface area contributed by atoms with E-state index in [1.54, 1.807) is 0 Å². The van der Waals surface area contributed by atoms with Crippen LogP contribution in [-0.2, 0) is 0 Å². The van der Waals surface area contributed by atoms with Gasteiger partial charge in [0.15, 0.2) is 0 Å². The SMILES string of the molecule is CN(C)CC1CCN(CC(O)CBr)CC1. The number of nitrogens with zero attached hydrogens (tertiary/aromatic N) is 2. The molecule has 1 N–H and O–H groups in total. The molecule has 1 atom stereocenters. The van der Waals surface area contributed by atoms with Crippen molar-refractivity contribution in [2.75, 3.05) is 45.6 Å². The van der Waals surface area contributed by atoms with Crippen LogP contribution in [0.25, 0.3) is 0 Å². The van der Waals surface area contributed by atoms with Gasteiger partial charge >= 0.3 is 0 Å². The van der Waals surface area contributed by atoms with Crippen molar-refractivity contribution < 1.29 is 5.11 Å². The van der Waals surface area contributed by atoms with E-state index in [9.17, 15) is 5.11 Å². The first-order valence-electron chi connectivity index (χ1n) is 5.73.